The quantitative estimate of drug-likeness (QED) is 0.523. The summed E-state index contributed by atoms with van der Waals surface area (Å²) in [6, 6.07) is 2.40. The van der Waals surface area contributed by atoms with Crippen molar-refractivity contribution in [3.05, 3.63) is 56.1 Å². The lowest BCUT2D eigenvalue weighted by atomic mass is 9.87. The Kier molecular flexibility index (Phi) is 5.34. The number of rotatable bonds is 4. The molecule has 0 bridgehead atoms. The molecule has 1 unspecified atom stereocenters. The molecule has 2 aromatic rings. The molecule has 1 N–H and O–H groups in total. The maximum atomic E-state index is 13.4. The molecule has 162 valence electrons. The molecule has 0 aromatic heterocycles. The molecule has 1 aliphatic rings. The van der Waals surface area contributed by atoms with Crippen molar-refractivity contribution >= 4 is 5.69 Å². The largest absolute Gasteiger partial charge is 0.507 e. The van der Waals surface area contributed by atoms with Crippen molar-refractivity contribution < 1.29 is 32.7 Å². The summed E-state index contributed by atoms with van der Waals surface area (Å²) in [5, 5.41) is 21.1. The molecule has 0 saturated carbocycles. The van der Waals surface area contributed by atoms with Crippen LogP contribution in [0.1, 0.15) is 41.2 Å². The number of nitro groups is 1. The van der Waals surface area contributed by atoms with Crippen LogP contribution in [-0.2, 0) is 12.6 Å². The molecular weight excluding hydrogens is 403 g/mol. The maximum Gasteiger partial charge on any atom is 0.420 e. The molecule has 1 atom stereocenters. The van der Waals surface area contributed by atoms with E-state index in [1.807, 2.05) is 6.92 Å². The average Bonchev–Trinajstić information content (AvgIpc) is 2.68. The van der Waals surface area contributed by atoms with Crippen LogP contribution in [0.25, 0.3) is 0 Å². The summed E-state index contributed by atoms with van der Waals surface area (Å²) in [4.78, 5) is 9.95. The molecular formula is C21H22F3NO5. The Labute approximate surface area is 171 Å². The van der Waals surface area contributed by atoms with Crippen molar-refractivity contribution in [2.24, 2.45) is 0 Å². The van der Waals surface area contributed by atoms with Gasteiger partial charge in [-0.1, -0.05) is 0 Å². The number of fused-ring (bicyclic) bond motifs is 1. The first-order valence-electron chi connectivity index (χ1n) is 9.33. The van der Waals surface area contributed by atoms with Gasteiger partial charge in [0.2, 0.25) is 0 Å². The molecule has 1 aliphatic heterocycles. The van der Waals surface area contributed by atoms with Crippen molar-refractivity contribution in [2.75, 3.05) is 6.61 Å². The smallest absolute Gasteiger partial charge is 0.420 e. The molecule has 6 nitrogen and oxygen atoms in total. The first-order chi connectivity index (χ1) is 13.8. The van der Waals surface area contributed by atoms with Crippen LogP contribution in [0, 0.1) is 30.9 Å². The highest BCUT2D eigenvalue weighted by atomic mass is 19.4. The molecule has 0 saturated heterocycles. The second kappa shape index (κ2) is 7.37. The summed E-state index contributed by atoms with van der Waals surface area (Å²) >= 11 is 0. The lowest BCUT2D eigenvalue weighted by Crippen LogP contribution is -2.42. The first-order valence-corrected chi connectivity index (χ1v) is 9.33. The van der Waals surface area contributed by atoms with Gasteiger partial charge < -0.3 is 14.6 Å². The number of aromatic hydroxyl groups is 1. The van der Waals surface area contributed by atoms with Crippen LogP contribution in [0.4, 0.5) is 18.9 Å². The third-order valence-electron chi connectivity index (χ3n) is 5.60. The lowest BCUT2D eigenvalue weighted by molar-refractivity contribution is -0.385. The third-order valence-corrected chi connectivity index (χ3v) is 5.60. The highest BCUT2D eigenvalue weighted by Gasteiger charge is 2.39. The molecule has 0 aliphatic carbocycles. The number of hydrogen-bond donors (Lipinski definition) is 1. The SMILES string of the molecule is Cc1c(C)c2c(c(C)c1O)CCC(C)(COc1ccc([N+](=O)[O-])cc1C(F)(F)F)O2. The van der Waals surface area contributed by atoms with E-state index in [0.717, 1.165) is 28.8 Å². The fourth-order valence-electron chi connectivity index (χ4n) is 3.61. The zero-order valence-electron chi connectivity index (χ0n) is 17.0. The summed E-state index contributed by atoms with van der Waals surface area (Å²) < 4.78 is 51.7. The maximum absolute atomic E-state index is 13.4. The molecule has 0 fully saturated rings. The van der Waals surface area contributed by atoms with Crippen LogP contribution in [0.15, 0.2) is 18.2 Å². The van der Waals surface area contributed by atoms with Crippen molar-refractivity contribution in [1.29, 1.82) is 0 Å². The Morgan fingerprint density at radius 3 is 2.50 bits per heavy atom. The highest BCUT2D eigenvalue weighted by Crippen LogP contribution is 2.44. The average molecular weight is 425 g/mol. The summed E-state index contributed by atoms with van der Waals surface area (Å²) in [5.74, 6) is 0.341. The standard InChI is InChI=1S/C21H22F3NO5/c1-11-12(2)19-15(13(3)18(11)26)7-8-20(4,30-19)10-29-17-6-5-14(25(27)28)9-16(17)21(22,23)24/h5-6,9,26H,7-8,10H2,1-4H3. The van der Waals surface area contributed by atoms with E-state index in [4.69, 9.17) is 9.47 Å². The highest BCUT2D eigenvalue weighted by molar-refractivity contribution is 5.58. The van der Waals surface area contributed by atoms with Gasteiger partial charge in [0.15, 0.2) is 0 Å². The van der Waals surface area contributed by atoms with Crippen LogP contribution in [0.5, 0.6) is 17.2 Å². The number of nitro benzene ring substituents is 1. The second-order valence-corrected chi connectivity index (χ2v) is 7.81. The van der Waals surface area contributed by atoms with Gasteiger partial charge in [0.05, 0.1) is 4.92 Å². The molecule has 1 heterocycles. The van der Waals surface area contributed by atoms with Crippen LogP contribution >= 0.6 is 0 Å². The number of non-ortho nitro benzene ring substituents is 1. The second-order valence-electron chi connectivity index (χ2n) is 7.81. The van der Waals surface area contributed by atoms with Crippen molar-refractivity contribution in [1.82, 2.24) is 0 Å². The predicted molar refractivity (Wildman–Crippen MR) is 103 cm³/mol. The minimum Gasteiger partial charge on any atom is -0.507 e. The summed E-state index contributed by atoms with van der Waals surface area (Å²) in [5.41, 5.74) is 0.286. The van der Waals surface area contributed by atoms with E-state index in [1.54, 1.807) is 20.8 Å². The van der Waals surface area contributed by atoms with Crippen LogP contribution in [-0.4, -0.2) is 22.2 Å². The van der Waals surface area contributed by atoms with Gasteiger partial charge in [-0.25, -0.2) is 0 Å². The Morgan fingerprint density at radius 2 is 1.90 bits per heavy atom. The number of ether oxygens (including phenoxy) is 2. The van der Waals surface area contributed by atoms with Gasteiger partial charge in [-0.2, -0.15) is 13.2 Å². The van der Waals surface area contributed by atoms with Gasteiger partial charge >= 0.3 is 6.18 Å². The van der Waals surface area contributed by atoms with E-state index >= 15 is 0 Å². The van der Waals surface area contributed by atoms with E-state index in [2.05, 4.69) is 0 Å². The summed E-state index contributed by atoms with van der Waals surface area (Å²) in [7, 11) is 0. The lowest BCUT2D eigenvalue weighted by Gasteiger charge is -2.37. The number of nitrogens with zero attached hydrogens (tertiary/aromatic N) is 1. The Morgan fingerprint density at radius 1 is 1.23 bits per heavy atom. The third kappa shape index (κ3) is 3.88. The molecule has 9 heteroatoms. The van der Waals surface area contributed by atoms with E-state index < -0.39 is 33.7 Å². The zero-order valence-corrected chi connectivity index (χ0v) is 17.0. The first kappa shape index (κ1) is 21.7. The van der Waals surface area contributed by atoms with E-state index in [0.29, 0.717) is 30.2 Å². The Balaban J connectivity index is 1.88. The number of phenols is 1. The van der Waals surface area contributed by atoms with Crippen molar-refractivity contribution in [2.45, 2.75) is 52.3 Å². The number of halogens is 3. The number of benzene rings is 2. The fraction of sp³-hybridized carbons (Fsp3) is 0.429. The minimum atomic E-state index is -4.80. The Bertz CT molecular complexity index is 1020. The van der Waals surface area contributed by atoms with Crippen LogP contribution < -0.4 is 9.47 Å². The zero-order chi connectivity index (χ0) is 22.4. The predicted octanol–water partition coefficient (Wildman–Crippen LogP) is 5.41. The molecule has 30 heavy (non-hydrogen) atoms. The minimum absolute atomic E-state index is 0.175. The molecule has 3 rings (SSSR count). The topological polar surface area (TPSA) is 81.8 Å². The summed E-state index contributed by atoms with van der Waals surface area (Å²) in [6.07, 6.45) is -3.76. The van der Waals surface area contributed by atoms with Crippen LogP contribution in [0.3, 0.4) is 0 Å². The number of hydrogen-bond acceptors (Lipinski definition) is 5. The fourth-order valence-corrected chi connectivity index (χ4v) is 3.61. The molecule has 0 radical (unpaired) electrons. The van der Waals surface area contributed by atoms with Gasteiger partial charge in [0, 0.05) is 17.7 Å². The van der Waals surface area contributed by atoms with Crippen LogP contribution in [0.2, 0.25) is 0 Å². The number of phenolic OH excluding ortho intramolecular Hbond substituents is 1. The van der Waals surface area contributed by atoms with E-state index in [1.165, 1.54) is 0 Å². The van der Waals surface area contributed by atoms with Gasteiger partial charge in [0.25, 0.3) is 5.69 Å². The monoisotopic (exact) mass is 425 g/mol. The number of alkyl halides is 3. The van der Waals surface area contributed by atoms with Gasteiger partial charge in [0.1, 0.15) is 35.0 Å². The van der Waals surface area contributed by atoms with Crippen molar-refractivity contribution in [3.63, 3.8) is 0 Å². The van der Waals surface area contributed by atoms with Gasteiger partial charge in [-0.3, -0.25) is 10.1 Å². The Hall–Kier alpha value is -2.97. The molecule has 2 aromatic carbocycles. The van der Waals surface area contributed by atoms with E-state index in [-0.39, 0.29) is 12.4 Å². The summed E-state index contributed by atoms with van der Waals surface area (Å²) in [6.45, 7) is 6.96. The molecule has 0 amide bonds. The van der Waals surface area contributed by atoms with Gasteiger partial charge in [-0.15, -0.1) is 0 Å². The van der Waals surface area contributed by atoms with E-state index in [9.17, 15) is 28.4 Å². The molecule has 0 spiro atoms. The van der Waals surface area contributed by atoms with Crippen molar-refractivity contribution in [3.8, 4) is 17.2 Å². The van der Waals surface area contributed by atoms with Gasteiger partial charge in [-0.05, 0) is 63.3 Å². The normalized spacial score (nSPS) is 18.5.